The van der Waals surface area contributed by atoms with E-state index in [1.165, 1.54) is 11.1 Å². The standard InChI is InChI=1S/2C20H18F3.C2H6Si.2ClH.Zr/c2*1-13(2)10-14-11-16-4-3-5-18(19(16)12-14)15-6-8-17(9-7-15)20(21,22)23;1-3-2;;;/h2*3-9,11-13H,10H2,1-2H3;1-2H3;2*1H;/q2*-1;;;;+2/p-2. The molecular formula is C42H42Cl2F6SiZr-2. The van der Waals surface area contributed by atoms with Gasteiger partial charge in [0.15, 0.2) is 0 Å². The number of hydrogen-bond donors (Lipinski definition) is 0. The summed E-state index contributed by atoms with van der Waals surface area (Å²) in [6.45, 7) is 13.3. The zero-order chi connectivity index (χ0) is 36.8. The second-order valence-electron chi connectivity index (χ2n) is 13.7. The van der Waals surface area contributed by atoms with E-state index in [4.69, 9.17) is 0 Å². The fraction of sp³-hybridized carbons (Fsp3) is 0.286. The third-order valence-corrected chi connectivity index (χ3v) is 7.96. The molecule has 0 aliphatic rings. The van der Waals surface area contributed by atoms with Gasteiger partial charge < -0.3 is 24.8 Å². The Balaban J connectivity index is 0.000000316. The monoisotopic (exact) mass is 848 g/mol. The van der Waals surface area contributed by atoms with Crippen molar-refractivity contribution >= 4 is 27.0 Å². The Morgan fingerprint density at radius 3 is 1.13 bits per heavy atom. The smallest absolute Gasteiger partial charge is 1.00 e. The van der Waals surface area contributed by atoms with Crippen molar-refractivity contribution in [2.45, 2.75) is 66.0 Å². The fourth-order valence-electron chi connectivity index (χ4n) is 5.95. The van der Waals surface area contributed by atoms with E-state index in [1.807, 2.05) is 36.4 Å². The molecule has 0 aliphatic heterocycles. The van der Waals surface area contributed by atoms with Crippen molar-refractivity contribution in [2.24, 2.45) is 11.8 Å². The maximum atomic E-state index is 12.7. The maximum Gasteiger partial charge on any atom is -1.00 e. The van der Waals surface area contributed by atoms with Gasteiger partial charge in [0, 0.05) is 0 Å². The van der Waals surface area contributed by atoms with E-state index >= 15 is 0 Å². The summed E-state index contributed by atoms with van der Waals surface area (Å²) in [4.78, 5) is 0. The average Bonchev–Trinajstić information content (AvgIpc) is 3.62. The Kier molecular flexibility index (Phi) is 17.2. The molecule has 0 bridgehead atoms. The van der Waals surface area contributed by atoms with Crippen LogP contribution in [0.3, 0.4) is 0 Å². The van der Waals surface area contributed by atoms with Gasteiger partial charge >= 0.3 is 54.2 Å². The molecule has 6 aromatic rings. The van der Waals surface area contributed by atoms with Crippen molar-refractivity contribution in [1.82, 2.24) is 0 Å². The van der Waals surface area contributed by atoms with E-state index in [1.54, 1.807) is 47.6 Å². The van der Waals surface area contributed by atoms with Crippen LogP contribution >= 0.6 is 0 Å². The molecule has 6 rings (SSSR count). The van der Waals surface area contributed by atoms with E-state index in [0.717, 1.165) is 80.9 Å². The van der Waals surface area contributed by atoms with Crippen LogP contribution in [0.15, 0.2) is 109 Å². The van der Waals surface area contributed by atoms with Gasteiger partial charge in [0.25, 0.3) is 0 Å². The summed E-state index contributed by atoms with van der Waals surface area (Å²) in [5.74, 6) is 1.14. The fourth-order valence-corrected chi connectivity index (χ4v) is 5.95. The Hall–Kier alpha value is -2.64. The Labute approximate surface area is 331 Å². The first kappa shape index (κ1) is 45.5. The maximum absolute atomic E-state index is 12.7. The molecule has 0 aliphatic carbocycles. The van der Waals surface area contributed by atoms with E-state index in [-0.39, 0.29) is 30.2 Å². The van der Waals surface area contributed by atoms with E-state index in [0.29, 0.717) is 11.8 Å². The van der Waals surface area contributed by atoms with E-state index in [2.05, 4.69) is 65.1 Å². The van der Waals surface area contributed by atoms with Gasteiger partial charge in [-0.15, -0.1) is 69.1 Å². The van der Waals surface area contributed by atoms with Gasteiger partial charge in [-0.3, -0.25) is 0 Å². The molecule has 0 atom stereocenters. The van der Waals surface area contributed by atoms with Crippen LogP contribution in [-0.2, 0) is 48.5 Å². The van der Waals surface area contributed by atoms with Crippen molar-refractivity contribution in [3.63, 3.8) is 0 Å². The predicted molar refractivity (Wildman–Crippen MR) is 195 cm³/mol. The van der Waals surface area contributed by atoms with Crippen LogP contribution in [0.25, 0.3) is 43.8 Å². The summed E-state index contributed by atoms with van der Waals surface area (Å²) in [7, 11) is 0. The van der Waals surface area contributed by atoms with Crippen LogP contribution in [0.5, 0.6) is 0 Å². The third kappa shape index (κ3) is 12.7. The quantitative estimate of drug-likeness (QED) is 0.0918. The van der Waals surface area contributed by atoms with Crippen LogP contribution in [0, 0.1) is 11.8 Å². The first-order valence-corrected chi connectivity index (χ1v) is 22.8. The first-order valence-electron chi connectivity index (χ1n) is 16.7. The molecule has 0 amide bonds. The largest absolute Gasteiger partial charge is 1.00 e. The molecule has 52 heavy (non-hydrogen) atoms. The molecule has 0 heterocycles. The number of rotatable bonds is 6. The Morgan fingerprint density at radius 1 is 0.558 bits per heavy atom. The van der Waals surface area contributed by atoms with Crippen molar-refractivity contribution in [3.05, 3.63) is 131 Å². The van der Waals surface area contributed by atoms with Gasteiger partial charge in [-0.2, -0.15) is 38.5 Å². The SMILES string of the molecule is CC(C)Cc1cc2c(-c3ccc(C(F)(F)F)cc3)cccc2[cH-]1.CC(C)Cc1cc2c(-c3ccc(C(F)(F)F)cc3)cccc2[cH-]1.C[Si](C)=[Zr+2].[Cl-].[Cl-]. The van der Waals surface area contributed by atoms with Gasteiger partial charge in [0.05, 0.1) is 11.1 Å². The molecule has 0 spiro atoms. The number of halogens is 8. The van der Waals surface area contributed by atoms with Crippen LogP contribution in [0.4, 0.5) is 26.3 Å². The van der Waals surface area contributed by atoms with Crippen molar-refractivity contribution in [3.8, 4) is 22.3 Å². The summed E-state index contributed by atoms with van der Waals surface area (Å²) >= 11 is 1.74. The summed E-state index contributed by atoms with van der Waals surface area (Å²) < 4.78 is 76.2. The van der Waals surface area contributed by atoms with Crippen LogP contribution in [0.1, 0.15) is 49.9 Å². The Morgan fingerprint density at radius 2 is 0.865 bits per heavy atom. The zero-order valence-corrected chi connectivity index (χ0v) is 35.0. The second kappa shape index (κ2) is 19.6. The van der Waals surface area contributed by atoms with Crippen molar-refractivity contribution in [2.75, 3.05) is 0 Å². The summed E-state index contributed by atoms with van der Waals surface area (Å²) in [6, 6.07) is 31.3. The average molecular weight is 851 g/mol. The van der Waals surface area contributed by atoms with Gasteiger partial charge in [-0.05, 0) is 60.1 Å². The normalized spacial score (nSPS) is 11.4. The molecule has 276 valence electrons. The second-order valence-corrected chi connectivity index (χ2v) is 23.1. The van der Waals surface area contributed by atoms with Crippen LogP contribution in [0.2, 0.25) is 13.1 Å². The molecule has 0 saturated carbocycles. The van der Waals surface area contributed by atoms with Gasteiger partial charge in [-0.25, -0.2) is 0 Å². The topological polar surface area (TPSA) is 0 Å². The number of benzene rings is 4. The molecule has 0 nitrogen and oxygen atoms in total. The molecule has 0 saturated heterocycles. The molecule has 10 heteroatoms. The molecule has 0 unspecified atom stereocenters. The molecule has 0 N–H and O–H groups in total. The van der Waals surface area contributed by atoms with Crippen molar-refractivity contribution in [1.29, 1.82) is 0 Å². The number of hydrogen-bond acceptors (Lipinski definition) is 0. The summed E-state index contributed by atoms with van der Waals surface area (Å²) in [5.41, 5.74) is 5.10. The minimum absolute atomic E-state index is 0. The Bertz CT molecular complexity index is 1870. The van der Waals surface area contributed by atoms with Gasteiger partial charge in [0.1, 0.15) is 0 Å². The molecular weight excluding hydrogens is 809 g/mol. The molecule has 0 fully saturated rings. The summed E-state index contributed by atoms with van der Waals surface area (Å²) in [6.07, 6.45) is -6.59. The molecule has 0 aromatic heterocycles. The van der Waals surface area contributed by atoms with Crippen LogP contribution in [-0.4, -0.2) is 5.43 Å². The van der Waals surface area contributed by atoms with E-state index in [9.17, 15) is 26.3 Å². The summed E-state index contributed by atoms with van der Waals surface area (Å²) in [5, 5.41) is 4.47. The predicted octanol–water partition coefficient (Wildman–Crippen LogP) is 7.68. The number of alkyl halides is 6. The van der Waals surface area contributed by atoms with Gasteiger partial charge in [-0.1, -0.05) is 75.2 Å². The molecule has 6 aromatic carbocycles. The van der Waals surface area contributed by atoms with Crippen LogP contribution < -0.4 is 24.8 Å². The zero-order valence-electron chi connectivity index (χ0n) is 30.0. The molecule has 0 radical (unpaired) electrons. The first-order chi connectivity index (χ1) is 23.4. The van der Waals surface area contributed by atoms with Gasteiger partial charge in [0.2, 0.25) is 0 Å². The number of fused-ring (bicyclic) bond motifs is 2. The van der Waals surface area contributed by atoms with E-state index < -0.39 is 23.5 Å². The third-order valence-electron chi connectivity index (χ3n) is 7.96. The minimum atomic E-state index is -4.30. The van der Waals surface area contributed by atoms with Crippen molar-refractivity contribution < 1.29 is 74.5 Å². The minimum Gasteiger partial charge on any atom is -1.00 e.